The second-order valence-corrected chi connectivity index (χ2v) is 5.96. The van der Waals surface area contributed by atoms with E-state index in [1.807, 2.05) is 48.5 Å². The van der Waals surface area contributed by atoms with Gasteiger partial charge in [-0.2, -0.15) is 0 Å². The molecule has 3 rings (SSSR count). The molecule has 0 bridgehead atoms. The summed E-state index contributed by atoms with van der Waals surface area (Å²) in [6.07, 6.45) is 2.46. The smallest absolute Gasteiger partial charge is 0.241 e. The van der Waals surface area contributed by atoms with Gasteiger partial charge in [-0.15, -0.1) is 5.10 Å². The first-order valence-electron chi connectivity index (χ1n) is 8.62. The Hall–Kier alpha value is -3.35. The number of hydrogen-bond donors (Lipinski definition) is 1. The molecule has 0 radical (unpaired) electrons. The topological polar surface area (TPSA) is 78.3 Å². The molecule has 1 heterocycles. The molecule has 0 fully saturated rings. The van der Waals surface area contributed by atoms with Crippen LogP contribution in [0.4, 0.5) is 0 Å². The summed E-state index contributed by atoms with van der Waals surface area (Å²) in [5, 5.41) is 11.0. The third-order valence-corrected chi connectivity index (χ3v) is 4.10. The van der Waals surface area contributed by atoms with Crippen LogP contribution in [-0.4, -0.2) is 41.7 Å². The van der Waals surface area contributed by atoms with E-state index in [2.05, 4.69) is 15.6 Å². The van der Waals surface area contributed by atoms with Gasteiger partial charge in [0.15, 0.2) is 11.5 Å². The van der Waals surface area contributed by atoms with Gasteiger partial charge in [0.25, 0.3) is 0 Å². The zero-order valence-corrected chi connectivity index (χ0v) is 15.4. The average molecular weight is 366 g/mol. The molecule has 1 N–H and O–H groups in total. The Bertz CT molecular complexity index is 893. The summed E-state index contributed by atoms with van der Waals surface area (Å²) in [5.74, 6) is 1.25. The third-order valence-electron chi connectivity index (χ3n) is 4.10. The Balaban J connectivity index is 1.50. The van der Waals surface area contributed by atoms with Crippen molar-refractivity contribution in [2.75, 3.05) is 20.8 Å². The number of benzene rings is 2. The number of nitrogens with one attached hydrogen (secondary N) is 1. The molecule has 0 aliphatic heterocycles. The van der Waals surface area contributed by atoms with Crippen molar-refractivity contribution in [2.24, 2.45) is 0 Å². The maximum absolute atomic E-state index is 12.1. The van der Waals surface area contributed by atoms with Crippen molar-refractivity contribution in [1.82, 2.24) is 20.3 Å². The molecular weight excluding hydrogens is 344 g/mol. The lowest BCUT2D eigenvalue weighted by molar-refractivity contribution is -0.121. The van der Waals surface area contributed by atoms with Crippen molar-refractivity contribution < 1.29 is 14.3 Å². The molecule has 0 aliphatic rings. The SMILES string of the molecule is COc1ccc(CCNC(=O)Cn2cc(-c3ccccc3)nn2)cc1OC. The van der Waals surface area contributed by atoms with Crippen LogP contribution in [0.2, 0.25) is 0 Å². The Morgan fingerprint density at radius 3 is 2.59 bits per heavy atom. The molecule has 0 atom stereocenters. The summed E-state index contributed by atoms with van der Waals surface area (Å²) in [4.78, 5) is 12.1. The number of nitrogens with zero attached hydrogens (tertiary/aromatic N) is 3. The summed E-state index contributed by atoms with van der Waals surface area (Å²) in [7, 11) is 3.20. The fourth-order valence-electron chi connectivity index (χ4n) is 2.70. The Kier molecular flexibility index (Phi) is 6.04. The lowest BCUT2D eigenvalue weighted by Gasteiger charge is -2.10. The van der Waals surface area contributed by atoms with Crippen LogP contribution >= 0.6 is 0 Å². The monoisotopic (exact) mass is 366 g/mol. The first-order valence-corrected chi connectivity index (χ1v) is 8.62. The number of hydrogen-bond acceptors (Lipinski definition) is 5. The summed E-state index contributed by atoms with van der Waals surface area (Å²) < 4.78 is 12.1. The van der Waals surface area contributed by atoms with E-state index in [4.69, 9.17) is 9.47 Å². The number of carbonyl (C=O) groups excluding carboxylic acids is 1. The Morgan fingerprint density at radius 2 is 1.85 bits per heavy atom. The normalized spacial score (nSPS) is 10.4. The fraction of sp³-hybridized carbons (Fsp3) is 0.250. The zero-order chi connectivity index (χ0) is 19.1. The molecule has 0 saturated carbocycles. The van der Waals surface area contributed by atoms with Gasteiger partial charge in [-0.05, 0) is 24.1 Å². The maximum Gasteiger partial charge on any atom is 0.241 e. The van der Waals surface area contributed by atoms with E-state index in [0.29, 0.717) is 24.5 Å². The maximum atomic E-state index is 12.1. The van der Waals surface area contributed by atoms with Crippen molar-refractivity contribution in [2.45, 2.75) is 13.0 Å². The van der Waals surface area contributed by atoms with Gasteiger partial charge in [-0.25, -0.2) is 4.68 Å². The van der Waals surface area contributed by atoms with Crippen molar-refractivity contribution in [1.29, 1.82) is 0 Å². The number of ether oxygens (including phenoxy) is 2. The van der Waals surface area contributed by atoms with Gasteiger partial charge >= 0.3 is 0 Å². The molecule has 0 aliphatic carbocycles. The van der Waals surface area contributed by atoms with Crippen LogP contribution < -0.4 is 14.8 Å². The molecule has 27 heavy (non-hydrogen) atoms. The van der Waals surface area contributed by atoms with Gasteiger partial charge in [0.2, 0.25) is 5.91 Å². The minimum atomic E-state index is -0.111. The van der Waals surface area contributed by atoms with Crippen molar-refractivity contribution in [3.63, 3.8) is 0 Å². The highest BCUT2D eigenvalue weighted by atomic mass is 16.5. The van der Waals surface area contributed by atoms with Crippen LogP contribution in [0, 0.1) is 0 Å². The average Bonchev–Trinajstić information content (AvgIpc) is 3.17. The van der Waals surface area contributed by atoms with E-state index in [0.717, 1.165) is 16.8 Å². The molecule has 0 spiro atoms. The molecule has 1 aromatic heterocycles. The minimum Gasteiger partial charge on any atom is -0.493 e. The van der Waals surface area contributed by atoms with Gasteiger partial charge in [0.05, 0.1) is 20.4 Å². The Morgan fingerprint density at radius 1 is 1.07 bits per heavy atom. The van der Waals surface area contributed by atoms with Crippen molar-refractivity contribution >= 4 is 5.91 Å². The van der Waals surface area contributed by atoms with Crippen LogP contribution in [-0.2, 0) is 17.8 Å². The zero-order valence-electron chi connectivity index (χ0n) is 15.4. The summed E-state index contributed by atoms with van der Waals surface area (Å²) in [6, 6.07) is 15.5. The second-order valence-electron chi connectivity index (χ2n) is 5.96. The summed E-state index contributed by atoms with van der Waals surface area (Å²) in [6.45, 7) is 0.653. The highest BCUT2D eigenvalue weighted by Crippen LogP contribution is 2.27. The fourth-order valence-corrected chi connectivity index (χ4v) is 2.70. The minimum absolute atomic E-state index is 0.111. The van der Waals surface area contributed by atoms with E-state index in [1.54, 1.807) is 20.4 Å². The second kappa shape index (κ2) is 8.84. The van der Waals surface area contributed by atoms with Gasteiger partial charge < -0.3 is 14.8 Å². The van der Waals surface area contributed by atoms with E-state index in [1.165, 1.54) is 4.68 Å². The summed E-state index contributed by atoms with van der Waals surface area (Å²) in [5.41, 5.74) is 2.77. The molecule has 7 heteroatoms. The molecule has 3 aromatic rings. The van der Waals surface area contributed by atoms with Gasteiger partial charge in [-0.1, -0.05) is 41.6 Å². The van der Waals surface area contributed by atoms with Crippen LogP contribution in [0.5, 0.6) is 11.5 Å². The van der Waals surface area contributed by atoms with E-state index in [-0.39, 0.29) is 12.5 Å². The Labute approximate surface area is 157 Å². The predicted molar refractivity (Wildman–Crippen MR) is 102 cm³/mol. The third kappa shape index (κ3) is 4.84. The van der Waals surface area contributed by atoms with Crippen LogP contribution in [0.25, 0.3) is 11.3 Å². The largest absolute Gasteiger partial charge is 0.493 e. The number of methoxy groups -OCH3 is 2. The molecule has 2 aromatic carbocycles. The first kappa shape index (κ1) is 18.4. The lowest BCUT2D eigenvalue weighted by atomic mass is 10.1. The molecule has 140 valence electrons. The van der Waals surface area contributed by atoms with Gasteiger partial charge in [0, 0.05) is 12.1 Å². The highest BCUT2D eigenvalue weighted by Gasteiger charge is 2.08. The van der Waals surface area contributed by atoms with E-state index in [9.17, 15) is 4.79 Å². The lowest BCUT2D eigenvalue weighted by Crippen LogP contribution is -2.29. The molecule has 1 amide bonds. The quantitative estimate of drug-likeness (QED) is 0.662. The number of aromatic nitrogens is 3. The molecular formula is C20H22N4O3. The van der Waals surface area contributed by atoms with Crippen molar-refractivity contribution in [3.8, 4) is 22.8 Å². The molecule has 0 saturated heterocycles. The summed E-state index contributed by atoms with van der Waals surface area (Å²) >= 11 is 0. The standard InChI is InChI=1S/C20H22N4O3/c1-26-18-9-8-15(12-19(18)27-2)10-11-21-20(25)14-24-13-17(22-23-24)16-6-4-3-5-7-16/h3-9,12-13H,10-11,14H2,1-2H3,(H,21,25). The van der Waals surface area contributed by atoms with Crippen LogP contribution in [0.3, 0.4) is 0 Å². The van der Waals surface area contributed by atoms with E-state index < -0.39 is 0 Å². The van der Waals surface area contributed by atoms with E-state index >= 15 is 0 Å². The number of amides is 1. The number of rotatable bonds is 8. The van der Waals surface area contributed by atoms with Crippen LogP contribution in [0.1, 0.15) is 5.56 Å². The molecule has 7 nitrogen and oxygen atoms in total. The highest BCUT2D eigenvalue weighted by molar-refractivity contribution is 5.75. The first-order chi connectivity index (χ1) is 13.2. The van der Waals surface area contributed by atoms with Gasteiger partial charge in [0.1, 0.15) is 12.2 Å². The van der Waals surface area contributed by atoms with Crippen molar-refractivity contribution in [3.05, 3.63) is 60.3 Å². The molecule has 0 unspecified atom stereocenters. The van der Waals surface area contributed by atoms with Crippen LogP contribution in [0.15, 0.2) is 54.7 Å². The number of carbonyl (C=O) groups is 1. The van der Waals surface area contributed by atoms with Gasteiger partial charge in [-0.3, -0.25) is 4.79 Å². The predicted octanol–water partition coefficient (Wildman–Crippen LogP) is 2.32.